The fraction of sp³-hybridized carbons (Fsp3) is 0. The van der Waals surface area contributed by atoms with E-state index in [0.29, 0.717) is 0 Å². The second-order valence-corrected chi connectivity index (χ2v) is 5.94. The molecule has 0 aromatic heterocycles. The minimum atomic E-state index is 0.884. The first kappa shape index (κ1) is 15.2. The predicted molar refractivity (Wildman–Crippen MR) is 106 cm³/mol. The highest BCUT2D eigenvalue weighted by Gasteiger charge is 2.19. The van der Waals surface area contributed by atoms with Crippen LogP contribution in [0.25, 0.3) is 23.0 Å². The standard InChI is InChI=1S/C23H18N2/c24-16-21(17-9-3-1-4-10-17)23-20-14-8-7-13-19(20)15-22(25-23)18-11-5-2-6-12-18/h1-16,24-25H/b23-21+,24-16?. The number of nitrogens with one attached hydrogen (secondary N) is 2. The molecule has 4 rings (SSSR count). The van der Waals surface area contributed by atoms with Gasteiger partial charge in [-0.15, -0.1) is 0 Å². The Hall–Kier alpha value is -3.39. The van der Waals surface area contributed by atoms with E-state index in [4.69, 9.17) is 5.41 Å². The van der Waals surface area contributed by atoms with Crippen LogP contribution in [0.1, 0.15) is 22.3 Å². The summed E-state index contributed by atoms with van der Waals surface area (Å²) < 4.78 is 0. The molecule has 0 spiro atoms. The molecule has 25 heavy (non-hydrogen) atoms. The lowest BCUT2D eigenvalue weighted by Crippen LogP contribution is -2.18. The third-order valence-corrected chi connectivity index (χ3v) is 4.37. The molecule has 1 heterocycles. The van der Waals surface area contributed by atoms with Crippen molar-refractivity contribution in [3.05, 3.63) is 107 Å². The van der Waals surface area contributed by atoms with Crippen LogP contribution in [0.15, 0.2) is 84.9 Å². The minimum Gasteiger partial charge on any atom is -0.354 e. The van der Waals surface area contributed by atoms with E-state index in [1.165, 1.54) is 6.21 Å². The normalized spacial score (nSPS) is 14.8. The average Bonchev–Trinajstić information content (AvgIpc) is 2.70. The quantitative estimate of drug-likeness (QED) is 0.630. The van der Waals surface area contributed by atoms with Crippen LogP contribution in [0.5, 0.6) is 0 Å². The Morgan fingerprint density at radius 3 is 2.12 bits per heavy atom. The lowest BCUT2D eigenvalue weighted by molar-refractivity contribution is 1.22. The number of fused-ring (bicyclic) bond motifs is 1. The lowest BCUT2D eigenvalue weighted by Gasteiger charge is -2.24. The van der Waals surface area contributed by atoms with Crippen molar-refractivity contribution in [1.82, 2.24) is 5.32 Å². The molecule has 0 atom stereocenters. The third kappa shape index (κ3) is 2.90. The summed E-state index contributed by atoms with van der Waals surface area (Å²) in [6, 6.07) is 28.7. The topological polar surface area (TPSA) is 35.9 Å². The Morgan fingerprint density at radius 1 is 0.760 bits per heavy atom. The maximum Gasteiger partial charge on any atom is 0.0559 e. The second kappa shape index (κ2) is 6.62. The van der Waals surface area contributed by atoms with Gasteiger partial charge in [-0.25, -0.2) is 0 Å². The summed E-state index contributed by atoms with van der Waals surface area (Å²) >= 11 is 0. The molecule has 0 saturated heterocycles. The van der Waals surface area contributed by atoms with Crippen molar-refractivity contribution in [3.8, 4) is 0 Å². The maximum absolute atomic E-state index is 8.00. The summed E-state index contributed by atoms with van der Waals surface area (Å²) in [5.41, 5.74) is 7.34. The summed E-state index contributed by atoms with van der Waals surface area (Å²) in [4.78, 5) is 0. The molecule has 2 nitrogen and oxygen atoms in total. The number of hydrogen-bond donors (Lipinski definition) is 2. The molecule has 2 heteroatoms. The Labute approximate surface area is 147 Å². The molecule has 0 amide bonds. The molecule has 0 bridgehead atoms. The average molecular weight is 322 g/mol. The monoisotopic (exact) mass is 322 g/mol. The van der Waals surface area contributed by atoms with Gasteiger partial charge in [-0.3, -0.25) is 0 Å². The number of rotatable bonds is 3. The molecule has 2 N–H and O–H groups in total. The molecule has 3 aromatic rings. The zero-order chi connectivity index (χ0) is 17.1. The highest BCUT2D eigenvalue weighted by atomic mass is 14.9. The Morgan fingerprint density at radius 2 is 1.40 bits per heavy atom. The van der Waals surface area contributed by atoms with Crippen molar-refractivity contribution in [1.29, 1.82) is 5.41 Å². The van der Waals surface area contributed by atoms with Gasteiger partial charge >= 0.3 is 0 Å². The number of allylic oxidation sites excluding steroid dienone is 1. The van der Waals surface area contributed by atoms with Crippen LogP contribution < -0.4 is 5.32 Å². The van der Waals surface area contributed by atoms with Gasteiger partial charge < -0.3 is 10.7 Å². The molecule has 3 aromatic carbocycles. The fourth-order valence-corrected chi connectivity index (χ4v) is 3.15. The molecular weight excluding hydrogens is 304 g/mol. The van der Waals surface area contributed by atoms with E-state index in [-0.39, 0.29) is 0 Å². The summed E-state index contributed by atoms with van der Waals surface area (Å²) in [5.74, 6) is 0. The van der Waals surface area contributed by atoms with Gasteiger partial charge in [-0.1, -0.05) is 84.9 Å². The minimum absolute atomic E-state index is 0.884. The Balaban J connectivity index is 1.93. The van der Waals surface area contributed by atoms with Gasteiger partial charge in [0.05, 0.1) is 5.70 Å². The molecule has 120 valence electrons. The molecule has 1 aliphatic heterocycles. The van der Waals surface area contributed by atoms with E-state index in [9.17, 15) is 0 Å². The predicted octanol–water partition coefficient (Wildman–Crippen LogP) is 5.31. The first-order valence-corrected chi connectivity index (χ1v) is 8.30. The Kier molecular flexibility index (Phi) is 4.01. The summed E-state index contributed by atoms with van der Waals surface area (Å²) in [5, 5.41) is 11.6. The molecule has 0 fully saturated rings. The first-order chi connectivity index (χ1) is 12.4. The Bertz CT molecular complexity index is 967. The smallest absolute Gasteiger partial charge is 0.0559 e. The van der Waals surface area contributed by atoms with Gasteiger partial charge in [0.2, 0.25) is 0 Å². The van der Waals surface area contributed by atoms with E-state index in [1.54, 1.807) is 0 Å². The van der Waals surface area contributed by atoms with Crippen LogP contribution >= 0.6 is 0 Å². The molecular formula is C23H18N2. The summed E-state index contributed by atoms with van der Waals surface area (Å²) in [6.45, 7) is 0. The zero-order valence-corrected chi connectivity index (χ0v) is 13.7. The van der Waals surface area contributed by atoms with Crippen molar-refractivity contribution in [2.45, 2.75) is 0 Å². The molecule has 0 unspecified atom stereocenters. The zero-order valence-electron chi connectivity index (χ0n) is 13.7. The summed E-state index contributed by atoms with van der Waals surface area (Å²) in [6.07, 6.45) is 3.60. The van der Waals surface area contributed by atoms with Gasteiger partial charge in [-0.05, 0) is 22.8 Å². The van der Waals surface area contributed by atoms with Crippen LogP contribution in [0.4, 0.5) is 0 Å². The first-order valence-electron chi connectivity index (χ1n) is 8.30. The highest BCUT2D eigenvalue weighted by molar-refractivity contribution is 6.20. The van der Waals surface area contributed by atoms with Gasteiger partial charge in [0.25, 0.3) is 0 Å². The lowest BCUT2D eigenvalue weighted by atomic mass is 9.92. The fourth-order valence-electron chi connectivity index (χ4n) is 3.15. The van der Waals surface area contributed by atoms with Gasteiger partial charge in [0.1, 0.15) is 0 Å². The van der Waals surface area contributed by atoms with Gasteiger partial charge in [0, 0.05) is 23.0 Å². The summed E-state index contributed by atoms with van der Waals surface area (Å²) in [7, 11) is 0. The number of benzene rings is 3. The second-order valence-electron chi connectivity index (χ2n) is 5.94. The van der Waals surface area contributed by atoms with E-state index in [2.05, 4.69) is 35.7 Å². The SMILES string of the molecule is N=C/C(=C1\NC(c2ccccc2)=Cc2ccccc21)c1ccccc1. The number of hydrogen-bond acceptors (Lipinski definition) is 2. The van der Waals surface area contributed by atoms with E-state index >= 15 is 0 Å². The third-order valence-electron chi connectivity index (χ3n) is 4.37. The van der Waals surface area contributed by atoms with Crippen molar-refractivity contribution in [2.24, 2.45) is 0 Å². The van der Waals surface area contributed by atoms with E-state index < -0.39 is 0 Å². The maximum atomic E-state index is 8.00. The van der Waals surface area contributed by atoms with Gasteiger partial charge in [0.15, 0.2) is 0 Å². The molecule has 0 aliphatic carbocycles. The van der Waals surface area contributed by atoms with Crippen LogP contribution in [-0.4, -0.2) is 6.21 Å². The molecule has 1 aliphatic rings. The van der Waals surface area contributed by atoms with Crippen molar-refractivity contribution < 1.29 is 0 Å². The van der Waals surface area contributed by atoms with Gasteiger partial charge in [-0.2, -0.15) is 0 Å². The van der Waals surface area contributed by atoms with Crippen molar-refractivity contribution in [2.75, 3.05) is 0 Å². The molecule has 0 radical (unpaired) electrons. The van der Waals surface area contributed by atoms with Crippen LogP contribution in [-0.2, 0) is 0 Å². The van der Waals surface area contributed by atoms with Crippen molar-refractivity contribution >= 4 is 29.3 Å². The highest BCUT2D eigenvalue weighted by Crippen LogP contribution is 2.33. The van der Waals surface area contributed by atoms with Crippen molar-refractivity contribution in [3.63, 3.8) is 0 Å². The van der Waals surface area contributed by atoms with Crippen LogP contribution in [0.3, 0.4) is 0 Å². The van der Waals surface area contributed by atoms with E-state index in [0.717, 1.165) is 39.2 Å². The van der Waals surface area contributed by atoms with E-state index in [1.807, 2.05) is 60.7 Å². The molecule has 0 saturated carbocycles. The van der Waals surface area contributed by atoms with Crippen LogP contribution in [0, 0.1) is 5.41 Å². The largest absolute Gasteiger partial charge is 0.354 e. The van der Waals surface area contributed by atoms with Crippen LogP contribution in [0.2, 0.25) is 0 Å².